The molecule has 2 heterocycles. The number of aromatic nitrogens is 2. The van der Waals surface area contributed by atoms with Crippen molar-refractivity contribution in [3.63, 3.8) is 0 Å². The van der Waals surface area contributed by atoms with Gasteiger partial charge in [0, 0.05) is 50.5 Å². The largest absolute Gasteiger partial charge is 0.354 e. The topological polar surface area (TPSA) is 117 Å². The molecule has 1 aromatic carbocycles. The zero-order valence-electron chi connectivity index (χ0n) is 18.6. The fourth-order valence-electron chi connectivity index (χ4n) is 4.89. The smallest absolute Gasteiger partial charge is 0.328 e. The van der Waals surface area contributed by atoms with Crippen molar-refractivity contribution in [2.75, 3.05) is 31.5 Å². The van der Waals surface area contributed by atoms with Crippen LogP contribution in [0.25, 0.3) is 5.69 Å². The van der Waals surface area contributed by atoms with E-state index >= 15 is 0 Å². The molecular formula is C23H32ClN7O2. The third kappa shape index (κ3) is 5.38. The highest BCUT2D eigenvalue weighted by Gasteiger charge is 2.29. The number of carbonyl (C=O) groups is 1. The normalized spacial score (nSPS) is 24.3. The predicted molar refractivity (Wildman–Crippen MR) is 130 cm³/mol. The number of nitrogens with two attached hydrogens (primary N) is 1. The minimum Gasteiger partial charge on any atom is -0.328 e. The number of urea groups is 1. The van der Waals surface area contributed by atoms with E-state index in [2.05, 4.69) is 33.1 Å². The van der Waals surface area contributed by atoms with Crippen LogP contribution >= 0.6 is 12.4 Å². The molecule has 1 aliphatic heterocycles. The van der Waals surface area contributed by atoms with Gasteiger partial charge < -0.3 is 21.3 Å². The van der Waals surface area contributed by atoms with Crippen LogP contribution in [0.2, 0.25) is 0 Å². The quantitative estimate of drug-likeness (QED) is 0.527. The van der Waals surface area contributed by atoms with E-state index in [1.165, 1.54) is 15.7 Å². The van der Waals surface area contributed by atoms with Crippen LogP contribution in [-0.2, 0) is 12.8 Å². The Hall–Kier alpha value is -2.46. The Bertz CT molecular complexity index is 1050. The lowest BCUT2D eigenvalue weighted by Gasteiger charge is -2.38. The van der Waals surface area contributed by atoms with Crippen LogP contribution in [0.4, 0.5) is 10.6 Å². The number of piperazine rings is 1. The van der Waals surface area contributed by atoms with Gasteiger partial charge in [0.15, 0.2) is 0 Å². The van der Waals surface area contributed by atoms with Gasteiger partial charge in [-0.3, -0.25) is 9.88 Å². The van der Waals surface area contributed by atoms with Crippen molar-refractivity contribution < 1.29 is 4.79 Å². The van der Waals surface area contributed by atoms with Gasteiger partial charge >= 0.3 is 11.7 Å². The number of benzene rings is 1. The summed E-state index contributed by atoms with van der Waals surface area (Å²) in [5.41, 5.74) is 8.93. The van der Waals surface area contributed by atoms with E-state index in [-0.39, 0.29) is 24.3 Å². The third-order valence-electron chi connectivity index (χ3n) is 6.79. The molecule has 1 saturated heterocycles. The van der Waals surface area contributed by atoms with E-state index in [9.17, 15) is 9.59 Å². The molecule has 1 unspecified atom stereocenters. The molecule has 2 fully saturated rings. The summed E-state index contributed by atoms with van der Waals surface area (Å²) in [6.07, 6.45) is 6.91. The Morgan fingerprint density at radius 1 is 1.12 bits per heavy atom. The molecule has 10 heteroatoms. The van der Waals surface area contributed by atoms with Crippen molar-refractivity contribution in [1.29, 1.82) is 0 Å². The van der Waals surface area contributed by atoms with Gasteiger partial charge in [-0.15, -0.1) is 12.4 Å². The molecular weight excluding hydrogens is 442 g/mol. The number of hydrogen-bond donors (Lipinski definition) is 4. The van der Waals surface area contributed by atoms with Crippen molar-refractivity contribution >= 4 is 24.3 Å². The number of halogens is 1. The number of carbonyl (C=O) groups excluding carboxylic acids is 1. The second-order valence-electron chi connectivity index (χ2n) is 9.12. The number of fused-ring (bicyclic) bond motifs is 1. The summed E-state index contributed by atoms with van der Waals surface area (Å²) in [7, 11) is 0. The van der Waals surface area contributed by atoms with Crippen LogP contribution in [-0.4, -0.2) is 64.8 Å². The number of amides is 2. The lowest BCUT2D eigenvalue weighted by atomic mass is 9.83. The molecule has 0 spiro atoms. The molecule has 0 radical (unpaired) electrons. The Labute approximate surface area is 199 Å². The summed E-state index contributed by atoms with van der Waals surface area (Å²) in [6, 6.07) is 9.05. The first-order chi connectivity index (χ1) is 15.5. The van der Waals surface area contributed by atoms with E-state index in [0.717, 1.165) is 50.9 Å². The summed E-state index contributed by atoms with van der Waals surface area (Å²) in [4.78, 5) is 30.8. The monoisotopic (exact) mass is 473 g/mol. The molecule has 3 aliphatic rings. The molecule has 5 N–H and O–H groups in total. The molecule has 0 bridgehead atoms. The van der Waals surface area contributed by atoms with Crippen LogP contribution in [0.1, 0.15) is 30.4 Å². The van der Waals surface area contributed by atoms with Gasteiger partial charge in [0.05, 0.1) is 5.69 Å². The molecule has 2 aliphatic carbocycles. The molecule has 5 rings (SSSR count). The summed E-state index contributed by atoms with van der Waals surface area (Å²) >= 11 is 0. The molecule has 1 saturated carbocycles. The Morgan fingerprint density at radius 2 is 1.91 bits per heavy atom. The number of hydrogen-bond acceptors (Lipinski definition) is 6. The van der Waals surface area contributed by atoms with Gasteiger partial charge in [0.2, 0.25) is 0 Å². The average Bonchev–Trinajstić information content (AvgIpc) is 2.78. The van der Waals surface area contributed by atoms with Crippen molar-refractivity contribution in [1.82, 2.24) is 25.1 Å². The number of nitrogens with zero attached hydrogens (tertiary/aromatic N) is 3. The second kappa shape index (κ2) is 10.2. The predicted octanol–water partition coefficient (Wildman–Crippen LogP) is 1.03. The summed E-state index contributed by atoms with van der Waals surface area (Å²) < 4.78 is 1.53. The second-order valence-corrected chi connectivity index (χ2v) is 9.12. The first kappa shape index (κ1) is 23.7. The van der Waals surface area contributed by atoms with Gasteiger partial charge in [-0.05, 0) is 61.4 Å². The van der Waals surface area contributed by atoms with Crippen LogP contribution in [0.5, 0.6) is 0 Å². The molecule has 1 atom stereocenters. The van der Waals surface area contributed by atoms with Gasteiger partial charge in [0.25, 0.3) is 0 Å². The molecule has 9 nitrogen and oxygen atoms in total. The molecule has 33 heavy (non-hydrogen) atoms. The van der Waals surface area contributed by atoms with Gasteiger partial charge in [-0.25, -0.2) is 9.59 Å². The molecule has 2 amide bonds. The van der Waals surface area contributed by atoms with Gasteiger partial charge in [0.1, 0.15) is 5.82 Å². The zero-order chi connectivity index (χ0) is 22.1. The zero-order valence-corrected chi connectivity index (χ0v) is 19.4. The van der Waals surface area contributed by atoms with E-state index in [1.54, 1.807) is 17.2 Å². The molecule has 1 aromatic heterocycles. The van der Waals surface area contributed by atoms with Crippen molar-refractivity contribution in [3.8, 4) is 5.69 Å². The van der Waals surface area contributed by atoms with Crippen molar-refractivity contribution in [2.24, 2.45) is 5.73 Å². The Balaban J connectivity index is 0.00000259. The number of aryl methyl sites for hydroxylation is 1. The van der Waals surface area contributed by atoms with E-state index in [1.807, 2.05) is 6.07 Å². The first-order valence-electron chi connectivity index (χ1n) is 11.6. The SMILES string of the molecule is Cl.NC1CC(NC2CCc3cc(-n4ccc(NC(=O)N5CCNCC5)nc4=O)ccc3C2)C1. The van der Waals surface area contributed by atoms with Crippen LogP contribution in [0, 0.1) is 0 Å². The number of rotatable bonds is 4. The molecule has 178 valence electrons. The number of nitrogens with one attached hydrogen (secondary N) is 3. The lowest BCUT2D eigenvalue weighted by Crippen LogP contribution is -2.52. The summed E-state index contributed by atoms with van der Waals surface area (Å²) in [5, 5.41) is 9.68. The van der Waals surface area contributed by atoms with Crippen LogP contribution < -0.4 is 27.4 Å². The Morgan fingerprint density at radius 3 is 2.64 bits per heavy atom. The highest BCUT2D eigenvalue weighted by Crippen LogP contribution is 2.26. The minimum atomic E-state index is -0.403. The third-order valence-corrected chi connectivity index (χ3v) is 6.79. The maximum absolute atomic E-state index is 12.7. The van der Waals surface area contributed by atoms with E-state index in [4.69, 9.17) is 5.73 Å². The van der Waals surface area contributed by atoms with Crippen LogP contribution in [0.3, 0.4) is 0 Å². The molecule has 2 aromatic rings. The first-order valence-corrected chi connectivity index (χ1v) is 11.6. The summed E-state index contributed by atoms with van der Waals surface area (Å²) in [5.74, 6) is 0.275. The minimum absolute atomic E-state index is 0. The maximum Gasteiger partial charge on any atom is 0.354 e. The van der Waals surface area contributed by atoms with Crippen molar-refractivity contribution in [3.05, 3.63) is 52.1 Å². The van der Waals surface area contributed by atoms with Crippen LogP contribution in [0.15, 0.2) is 35.3 Å². The van der Waals surface area contributed by atoms with E-state index in [0.29, 0.717) is 31.2 Å². The Kier molecular flexibility index (Phi) is 7.33. The fraction of sp³-hybridized carbons (Fsp3) is 0.522. The highest BCUT2D eigenvalue weighted by atomic mass is 35.5. The van der Waals surface area contributed by atoms with E-state index < -0.39 is 5.69 Å². The highest BCUT2D eigenvalue weighted by molar-refractivity contribution is 5.88. The summed E-state index contributed by atoms with van der Waals surface area (Å²) in [6.45, 7) is 2.82. The van der Waals surface area contributed by atoms with Gasteiger partial charge in [-0.2, -0.15) is 4.98 Å². The lowest BCUT2D eigenvalue weighted by molar-refractivity contribution is 0.204. The maximum atomic E-state index is 12.7. The van der Waals surface area contributed by atoms with Gasteiger partial charge in [-0.1, -0.05) is 6.07 Å². The number of anilines is 1. The standard InChI is InChI=1S/C23H31N7O2.ClH/c24-17-13-19(14-17)26-18-3-1-16-12-20(4-2-15(16)11-18)30-8-5-21(28-23(30)32)27-22(31)29-9-6-25-7-10-29;/h2,4-5,8,12,17-19,25-26H,1,3,6-7,9-11,13-14,24H2,(H,27,28,31,32);1H. The van der Waals surface area contributed by atoms with Crippen molar-refractivity contribution in [2.45, 2.75) is 50.2 Å². The average molecular weight is 474 g/mol. The fourth-order valence-corrected chi connectivity index (χ4v) is 4.89.